The fourth-order valence-corrected chi connectivity index (χ4v) is 4.33. The van der Waals surface area contributed by atoms with E-state index in [1.165, 1.54) is 12.0 Å². The molecular formula is C21H26N2O5S. The maximum Gasteiger partial charge on any atom is 0.340 e. The number of hydrogen-bond acceptors (Lipinski definition) is 6. The van der Waals surface area contributed by atoms with Crippen LogP contribution in [0.15, 0.2) is 23.6 Å². The summed E-state index contributed by atoms with van der Waals surface area (Å²) in [7, 11) is 1.37. The molecule has 1 amide bonds. The van der Waals surface area contributed by atoms with Gasteiger partial charge in [0.15, 0.2) is 6.61 Å². The van der Waals surface area contributed by atoms with Crippen molar-refractivity contribution in [3.63, 3.8) is 0 Å². The third kappa shape index (κ3) is 4.87. The second-order valence-electron chi connectivity index (χ2n) is 7.20. The van der Waals surface area contributed by atoms with Crippen LogP contribution >= 0.6 is 11.3 Å². The van der Waals surface area contributed by atoms with Gasteiger partial charge in [-0.3, -0.25) is 9.59 Å². The molecule has 2 aromatic heterocycles. The Kier molecular flexibility index (Phi) is 6.74. The van der Waals surface area contributed by atoms with E-state index in [1.54, 1.807) is 22.3 Å². The van der Waals surface area contributed by atoms with Crippen molar-refractivity contribution in [3.05, 3.63) is 45.4 Å². The van der Waals surface area contributed by atoms with E-state index in [4.69, 9.17) is 9.47 Å². The van der Waals surface area contributed by atoms with E-state index in [0.717, 1.165) is 11.4 Å². The number of hydrogen-bond donors (Lipinski definition) is 0. The van der Waals surface area contributed by atoms with Crippen LogP contribution < -0.4 is 0 Å². The van der Waals surface area contributed by atoms with Crippen LogP contribution in [0.1, 0.15) is 39.5 Å². The Morgan fingerprint density at radius 3 is 2.55 bits per heavy atom. The Morgan fingerprint density at radius 2 is 1.93 bits per heavy atom. The first-order valence-corrected chi connectivity index (χ1v) is 10.5. The second kappa shape index (κ2) is 9.26. The number of rotatable bonds is 6. The molecule has 0 radical (unpaired) electrons. The fraction of sp³-hybridized carbons (Fsp3) is 0.476. The number of amides is 1. The Bertz CT molecular complexity index is 879. The minimum absolute atomic E-state index is 0.166. The van der Waals surface area contributed by atoms with Crippen molar-refractivity contribution in [3.8, 4) is 0 Å². The highest BCUT2D eigenvalue weighted by Crippen LogP contribution is 2.21. The normalized spacial score (nSPS) is 14.7. The molecule has 0 aliphatic carbocycles. The van der Waals surface area contributed by atoms with Crippen molar-refractivity contribution in [1.29, 1.82) is 0 Å². The van der Waals surface area contributed by atoms with Gasteiger partial charge in [0.1, 0.15) is 0 Å². The van der Waals surface area contributed by atoms with Gasteiger partial charge in [0.25, 0.3) is 5.91 Å². The molecule has 7 nitrogen and oxygen atoms in total. The average Bonchev–Trinajstić information content (AvgIpc) is 3.35. The molecule has 1 aliphatic rings. The molecule has 0 unspecified atom stereocenters. The zero-order chi connectivity index (χ0) is 21.0. The van der Waals surface area contributed by atoms with Crippen LogP contribution in [0.2, 0.25) is 0 Å². The van der Waals surface area contributed by atoms with Gasteiger partial charge in [-0.05, 0) is 44.2 Å². The highest BCUT2D eigenvalue weighted by Gasteiger charge is 2.28. The predicted molar refractivity (Wildman–Crippen MR) is 109 cm³/mol. The van der Waals surface area contributed by atoms with E-state index >= 15 is 0 Å². The first-order chi connectivity index (χ1) is 13.9. The molecule has 3 heterocycles. The zero-order valence-electron chi connectivity index (χ0n) is 17.0. The number of aromatic nitrogens is 1. The van der Waals surface area contributed by atoms with Crippen molar-refractivity contribution in [2.75, 3.05) is 26.8 Å². The Labute approximate surface area is 174 Å². The summed E-state index contributed by atoms with van der Waals surface area (Å²) in [6.07, 6.45) is 1.13. The van der Waals surface area contributed by atoms with Crippen LogP contribution in [0.3, 0.4) is 0 Å². The van der Waals surface area contributed by atoms with E-state index in [-0.39, 0.29) is 24.4 Å². The van der Waals surface area contributed by atoms with Gasteiger partial charge in [-0.1, -0.05) is 6.07 Å². The molecule has 1 aliphatic heterocycles. The molecule has 3 rings (SSSR count). The number of ether oxygens (including phenoxy) is 2. The predicted octanol–water partition coefficient (Wildman–Crippen LogP) is 2.78. The highest BCUT2D eigenvalue weighted by molar-refractivity contribution is 7.09. The van der Waals surface area contributed by atoms with Crippen molar-refractivity contribution in [2.24, 2.45) is 5.92 Å². The molecule has 0 atom stereocenters. The van der Waals surface area contributed by atoms with Crippen molar-refractivity contribution < 1.29 is 23.9 Å². The van der Waals surface area contributed by atoms with Gasteiger partial charge in [0, 0.05) is 29.4 Å². The smallest absolute Gasteiger partial charge is 0.340 e. The Balaban J connectivity index is 1.54. The molecule has 0 spiro atoms. The van der Waals surface area contributed by atoms with Crippen LogP contribution in [-0.4, -0.2) is 54.1 Å². The van der Waals surface area contributed by atoms with Crippen molar-refractivity contribution in [1.82, 2.24) is 9.47 Å². The summed E-state index contributed by atoms with van der Waals surface area (Å²) in [4.78, 5) is 39.3. The molecule has 8 heteroatoms. The molecule has 1 fully saturated rings. The summed E-state index contributed by atoms with van der Waals surface area (Å²) in [5.74, 6) is -1.14. The summed E-state index contributed by atoms with van der Waals surface area (Å²) in [5.41, 5.74) is 2.28. The first kappa shape index (κ1) is 21.1. The summed E-state index contributed by atoms with van der Waals surface area (Å²) < 4.78 is 12.1. The summed E-state index contributed by atoms with van der Waals surface area (Å²) in [6, 6.07) is 5.87. The number of carbonyl (C=O) groups is 3. The SMILES string of the molecule is COC(=O)C1CCN(C(=O)COC(=O)c2cc(C)n(Cc3cccs3)c2C)CC1. The zero-order valence-corrected chi connectivity index (χ0v) is 17.8. The number of thiophene rings is 1. The van der Waals surface area contributed by atoms with Crippen LogP contribution in [0.25, 0.3) is 0 Å². The lowest BCUT2D eigenvalue weighted by Gasteiger charge is -2.30. The number of nitrogens with zero attached hydrogens (tertiary/aromatic N) is 2. The molecule has 29 heavy (non-hydrogen) atoms. The topological polar surface area (TPSA) is 77.8 Å². The summed E-state index contributed by atoms with van der Waals surface area (Å²) in [6.45, 7) is 5.18. The Morgan fingerprint density at radius 1 is 1.21 bits per heavy atom. The monoisotopic (exact) mass is 418 g/mol. The van der Waals surface area contributed by atoms with Crippen LogP contribution in [-0.2, 0) is 25.6 Å². The Hall–Kier alpha value is -2.61. The van der Waals surface area contributed by atoms with Gasteiger partial charge in [0.05, 0.1) is 25.1 Å². The minimum Gasteiger partial charge on any atom is -0.469 e. The maximum atomic E-state index is 12.5. The van der Waals surface area contributed by atoms with E-state index in [0.29, 0.717) is 38.0 Å². The molecule has 0 N–H and O–H groups in total. The number of esters is 2. The van der Waals surface area contributed by atoms with E-state index in [9.17, 15) is 14.4 Å². The molecule has 2 aromatic rings. The third-order valence-electron chi connectivity index (χ3n) is 5.40. The minimum atomic E-state index is -0.492. The van der Waals surface area contributed by atoms with Gasteiger partial charge < -0.3 is 18.9 Å². The van der Waals surface area contributed by atoms with Crippen LogP contribution in [0.5, 0.6) is 0 Å². The molecule has 0 bridgehead atoms. The molecule has 156 valence electrons. The highest BCUT2D eigenvalue weighted by atomic mass is 32.1. The number of likely N-dealkylation sites (tertiary alicyclic amines) is 1. The largest absolute Gasteiger partial charge is 0.469 e. The standard InChI is InChI=1S/C21H26N2O5S/c1-14-11-18(15(2)23(14)12-17-5-4-10-29-17)21(26)28-13-19(24)22-8-6-16(7-9-22)20(25)27-3/h4-5,10-11,16H,6-9,12-13H2,1-3H3. The number of aryl methyl sites for hydroxylation is 1. The van der Waals surface area contributed by atoms with Gasteiger partial charge in [-0.25, -0.2) is 4.79 Å². The van der Waals surface area contributed by atoms with E-state index in [1.807, 2.05) is 25.3 Å². The average molecular weight is 419 g/mol. The summed E-state index contributed by atoms with van der Waals surface area (Å²) in [5, 5.41) is 2.03. The molecule has 1 saturated heterocycles. The van der Waals surface area contributed by atoms with Crippen molar-refractivity contribution in [2.45, 2.75) is 33.2 Å². The first-order valence-electron chi connectivity index (χ1n) is 9.62. The third-order valence-corrected chi connectivity index (χ3v) is 6.26. The van der Waals surface area contributed by atoms with Crippen molar-refractivity contribution >= 4 is 29.2 Å². The lowest BCUT2D eigenvalue weighted by molar-refractivity contribution is -0.149. The quantitative estimate of drug-likeness (QED) is 0.674. The summed E-state index contributed by atoms with van der Waals surface area (Å²) >= 11 is 1.67. The van der Waals surface area contributed by atoms with Gasteiger partial charge in [0.2, 0.25) is 0 Å². The fourth-order valence-electron chi connectivity index (χ4n) is 3.64. The van der Waals surface area contributed by atoms with Gasteiger partial charge >= 0.3 is 11.9 Å². The van der Waals surface area contributed by atoms with Crippen LogP contribution in [0, 0.1) is 19.8 Å². The van der Waals surface area contributed by atoms with E-state index < -0.39 is 5.97 Å². The number of methoxy groups -OCH3 is 1. The number of carbonyl (C=O) groups excluding carboxylic acids is 3. The molecule has 0 saturated carbocycles. The van der Waals surface area contributed by atoms with E-state index in [2.05, 4.69) is 10.6 Å². The lowest BCUT2D eigenvalue weighted by Crippen LogP contribution is -2.42. The van der Waals surface area contributed by atoms with Gasteiger partial charge in [-0.15, -0.1) is 11.3 Å². The van der Waals surface area contributed by atoms with Crippen LogP contribution in [0.4, 0.5) is 0 Å². The second-order valence-corrected chi connectivity index (χ2v) is 8.24. The maximum absolute atomic E-state index is 12.5. The molecular weight excluding hydrogens is 392 g/mol. The van der Waals surface area contributed by atoms with Gasteiger partial charge in [-0.2, -0.15) is 0 Å². The molecule has 0 aromatic carbocycles. The lowest BCUT2D eigenvalue weighted by atomic mass is 9.97. The number of piperidine rings is 1.